The molecule has 88 valence electrons. The first-order valence-corrected chi connectivity index (χ1v) is 5.39. The van der Waals surface area contributed by atoms with Crippen molar-refractivity contribution >= 4 is 22.8 Å². The largest absolute Gasteiger partial charge is 0.465 e. The monoisotopic (exact) mass is 250 g/mol. The van der Waals surface area contributed by atoms with Crippen LogP contribution in [-0.4, -0.2) is 17.8 Å². The zero-order valence-corrected chi connectivity index (χ0v) is 10.1. The summed E-state index contributed by atoms with van der Waals surface area (Å²) >= 11 is 5.35. The van der Waals surface area contributed by atoms with Gasteiger partial charge >= 0.3 is 5.97 Å². The highest BCUT2D eigenvalue weighted by Crippen LogP contribution is 2.06. The number of hydrogen-bond acceptors (Lipinski definition) is 3. The number of carbonyl (C=O) groups is 2. The molecule has 0 saturated heterocycles. The van der Waals surface area contributed by atoms with E-state index in [1.54, 1.807) is 24.3 Å². The molecule has 0 unspecified atom stereocenters. The zero-order valence-electron chi connectivity index (χ0n) is 9.33. The van der Waals surface area contributed by atoms with Crippen molar-refractivity contribution in [3.8, 4) is 11.8 Å². The summed E-state index contributed by atoms with van der Waals surface area (Å²) in [5.41, 5.74) is 1.12. The molecule has 1 aromatic rings. The van der Waals surface area contributed by atoms with Crippen molar-refractivity contribution in [3.63, 3.8) is 0 Å². The molecule has 1 rings (SSSR count). The summed E-state index contributed by atoms with van der Waals surface area (Å²) in [5, 5.41) is -0.506. The van der Waals surface area contributed by atoms with Gasteiger partial charge in [0.25, 0.3) is 5.24 Å². The third kappa shape index (κ3) is 5.19. The Morgan fingerprint density at radius 3 is 2.82 bits per heavy atom. The van der Waals surface area contributed by atoms with Gasteiger partial charge < -0.3 is 4.74 Å². The molecule has 17 heavy (non-hydrogen) atoms. The molecular formula is C13H11ClO3. The van der Waals surface area contributed by atoms with Crippen molar-refractivity contribution in [2.45, 2.75) is 13.3 Å². The van der Waals surface area contributed by atoms with Crippen molar-refractivity contribution in [3.05, 3.63) is 35.4 Å². The Balaban J connectivity index is 2.56. The van der Waals surface area contributed by atoms with E-state index in [4.69, 9.17) is 16.3 Å². The Hall–Kier alpha value is -1.79. The Morgan fingerprint density at radius 2 is 2.18 bits per heavy atom. The van der Waals surface area contributed by atoms with E-state index in [0.29, 0.717) is 17.5 Å². The molecule has 4 heteroatoms. The molecule has 0 aromatic heterocycles. The van der Waals surface area contributed by atoms with Gasteiger partial charge in [-0.05, 0) is 23.7 Å². The smallest absolute Gasteiger partial charge is 0.302 e. The molecule has 0 N–H and O–H groups in total. The van der Waals surface area contributed by atoms with Gasteiger partial charge in [0.2, 0.25) is 0 Å². The normalized spacial score (nSPS) is 9.06. The highest BCUT2D eigenvalue weighted by molar-refractivity contribution is 6.67. The van der Waals surface area contributed by atoms with Gasteiger partial charge in [-0.25, -0.2) is 0 Å². The standard InChI is InChI=1S/C13H11ClO3/c1-10(15)17-8-3-2-5-11-6-4-7-12(9-11)13(14)16/h4,6-7,9H,3,8H2,1H3. The van der Waals surface area contributed by atoms with Crippen molar-refractivity contribution < 1.29 is 14.3 Å². The highest BCUT2D eigenvalue weighted by atomic mass is 35.5. The predicted molar refractivity (Wildman–Crippen MR) is 64.8 cm³/mol. The van der Waals surface area contributed by atoms with Crippen LogP contribution >= 0.6 is 11.6 Å². The lowest BCUT2D eigenvalue weighted by atomic mass is 10.1. The van der Waals surface area contributed by atoms with Gasteiger partial charge in [0.05, 0.1) is 0 Å². The van der Waals surface area contributed by atoms with Gasteiger partial charge in [-0.3, -0.25) is 9.59 Å². The van der Waals surface area contributed by atoms with Crippen LogP contribution in [0.25, 0.3) is 0 Å². The van der Waals surface area contributed by atoms with Gasteiger partial charge in [-0.1, -0.05) is 24.0 Å². The van der Waals surface area contributed by atoms with Crippen LogP contribution in [0, 0.1) is 11.8 Å². The van der Waals surface area contributed by atoms with Crippen LogP contribution in [0.3, 0.4) is 0 Å². The number of carbonyl (C=O) groups excluding carboxylic acids is 2. The summed E-state index contributed by atoms with van der Waals surface area (Å²) in [7, 11) is 0. The maximum absolute atomic E-state index is 10.9. The molecule has 0 aliphatic heterocycles. The molecule has 0 atom stereocenters. The molecule has 0 heterocycles. The van der Waals surface area contributed by atoms with Crippen LogP contribution in [0.1, 0.15) is 29.3 Å². The summed E-state index contributed by atoms with van der Waals surface area (Å²) in [6.45, 7) is 1.62. The van der Waals surface area contributed by atoms with Crippen LogP contribution in [0.15, 0.2) is 24.3 Å². The molecule has 0 saturated carbocycles. The van der Waals surface area contributed by atoms with Gasteiger partial charge in [-0.15, -0.1) is 0 Å². The molecule has 0 aliphatic carbocycles. The number of hydrogen-bond donors (Lipinski definition) is 0. The van der Waals surface area contributed by atoms with Crippen LogP contribution < -0.4 is 0 Å². The third-order valence-corrected chi connectivity index (χ3v) is 2.07. The Morgan fingerprint density at radius 1 is 1.41 bits per heavy atom. The Labute approximate surface area is 105 Å². The molecule has 0 fully saturated rings. The fraction of sp³-hybridized carbons (Fsp3) is 0.231. The number of ether oxygens (including phenoxy) is 1. The third-order valence-electron chi connectivity index (χ3n) is 1.85. The highest BCUT2D eigenvalue weighted by Gasteiger charge is 2.00. The van der Waals surface area contributed by atoms with Crippen molar-refractivity contribution in [2.24, 2.45) is 0 Å². The lowest BCUT2D eigenvalue weighted by molar-refractivity contribution is -0.140. The summed E-state index contributed by atoms with van der Waals surface area (Å²) in [4.78, 5) is 21.4. The minimum atomic E-state index is -0.506. The van der Waals surface area contributed by atoms with Gasteiger partial charge in [0.15, 0.2) is 0 Å². The molecule has 3 nitrogen and oxygen atoms in total. The minimum Gasteiger partial charge on any atom is -0.465 e. The molecule has 1 aromatic carbocycles. The van der Waals surface area contributed by atoms with E-state index in [0.717, 1.165) is 0 Å². The van der Waals surface area contributed by atoms with Crippen LogP contribution in [0.4, 0.5) is 0 Å². The molecule has 0 bridgehead atoms. The van der Waals surface area contributed by atoms with Crippen LogP contribution in [-0.2, 0) is 9.53 Å². The second kappa shape index (κ2) is 6.72. The summed E-state index contributed by atoms with van der Waals surface area (Å²) in [6.07, 6.45) is 0.457. The number of rotatable bonds is 3. The minimum absolute atomic E-state index is 0.274. The topological polar surface area (TPSA) is 43.4 Å². The maximum atomic E-state index is 10.9. The van der Waals surface area contributed by atoms with Crippen LogP contribution in [0.2, 0.25) is 0 Å². The van der Waals surface area contributed by atoms with Crippen LogP contribution in [0.5, 0.6) is 0 Å². The first-order valence-electron chi connectivity index (χ1n) is 5.01. The lowest BCUT2D eigenvalue weighted by Gasteiger charge is -1.96. The van der Waals surface area contributed by atoms with E-state index < -0.39 is 5.24 Å². The second-order valence-electron chi connectivity index (χ2n) is 3.25. The van der Waals surface area contributed by atoms with E-state index in [9.17, 15) is 9.59 Å². The fourth-order valence-electron chi connectivity index (χ4n) is 1.13. The van der Waals surface area contributed by atoms with Crippen molar-refractivity contribution in [1.29, 1.82) is 0 Å². The van der Waals surface area contributed by atoms with E-state index in [2.05, 4.69) is 11.8 Å². The molecule has 0 spiro atoms. The van der Waals surface area contributed by atoms with E-state index in [1.807, 2.05) is 0 Å². The SMILES string of the molecule is CC(=O)OCCC#Cc1cccc(C(=O)Cl)c1. The molecule has 0 radical (unpaired) electrons. The summed E-state index contributed by atoms with van der Waals surface area (Å²) in [5.74, 6) is 5.39. The number of benzene rings is 1. The van der Waals surface area contributed by atoms with Gasteiger partial charge in [0.1, 0.15) is 6.61 Å². The van der Waals surface area contributed by atoms with Crippen molar-refractivity contribution in [2.75, 3.05) is 6.61 Å². The van der Waals surface area contributed by atoms with E-state index >= 15 is 0 Å². The predicted octanol–water partition coefficient (Wildman–Crippen LogP) is 2.37. The first-order chi connectivity index (χ1) is 8.09. The summed E-state index contributed by atoms with van der Waals surface area (Å²) in [6, 6.07) is 6.74. The average molecular weight is 251 g/mol. The number of esters is 1. The quantitative estimate of drug-likeness (QED) is 0.358. The van der Waals surface area contributed by atoms with E-state index in [-0.39, 0.29) is 12.6 Å². The maximum Gasteiger partial charge on any atom is 0.302 e. The Bertz CT molecular complexity index is 483. The van der Waals surface area contributed by atoms with Gasteiger partial charge in [-0.2, -0.15) is 0 Å². The molecule has 0 amide bonds. The number of halogens is 1. The summed E-state index contributed by atoms with van der Waals surface area (Å²) < 4.78 is 4.73. The lowest BCUT2D eigenvalue weighted by Crippen LogP contribution is -1.99. The Kier molecular flexibility index (Phi) is 5.25. The second-order valence-corrected chi connectivity index (χ2v) is 3.59. The first kappa shape index (κ1) is 13.3. The average Bonchev–Trinajstić information content (AvgIpc) is 2.28. The van der Waals surface area contributed by atoms with Gasteiger partial charge in [0, 0.05) is 24.5 Å². The van der Waals surface area contributed by atoms with E-state index in [1.165, 1.54) is 6.92 Å². The molecule has 0 aliphatic rings. The fourth-order valence-corrected chi connectivity index (χ4v) is 1.25. The van der Waals surface area contributed by atoms with Crippen molar-refractivity contribution in [1.82, 2.24) is 0 Å². The molecular weight excluding hydrogens is 240 g/mol. The zero-order chi connectivity index (χ0) is 12.7.